The highest BCUT2D eigenvalue weighted by Gasteiger charge is 2.67. The van der Waals surface area contributed by atoms with E-state index in [1.807, 2.05) is 0 Å². The maximum Gasteiger partial charge on any atom is 0.165 e. The maximum atomic E-state index is 13.3. The molecule has 0 aromatic heterocycles. The molecule has 4 rings (SSSR count). The van der Waals surface area contributed by atoms with E-state index in [0.29, 0.717) is 53.3 Å². The Hall–Kier alpha value is -0.670. The van der Waals surface area contributed by atoms with Crippen LogP contribution in [0.3, 0.4) is 0 Å². The van der Waals surface area contributed by atoms with Crippen molar-refractivity contribution in [3.8, 4) is 0 Å². The fourth-order valence-corrected chi connectivity index (χ4v) is 8.63. The van der Waals surface area contributed by atoms with Crippen LogP contribution in [-0.2, 0) is 4.79 Å². The number of Topliss-reactive ketones (excluding diaryl/α,β-unsaturated/α-hetero) is 1. The van der Waals surface area contributed by atoms with Gasteiger partial charge in [0.05, 0.1) is 6.10 Å². The quantitative estimate of drug-likeness (QED) is 0.556. The van der Waals surface area contributed by atoms with Crippen molar-refractivity contribution in [3.63, 3.8) is 0 Å². The first kappa shape index (κ1) is 23.5. The Morgan fingerprint density at radius 2 is 1.68 bits per heavy atom. The highest BCUT2D eigenvalue weighted by molar-refractivity contribution is 5.89. The van der Waals surface area contributed by atoms with Crippen molar-refractivity contribution < 1.29 is 15.0 Å². The molecule has 0 aromatic carbocycles. The number of ketones is 1. The van der Waals surface area contributed by atoms with E-state index in [1.54, 1.807) is 0 Å². The summed E-state index contributed by atoms with van der Waals surface area (Å²) in [6.45, 7) is 14.0. The van der Waals surface area contributed by atoms with Crippen LogP contribution < -0.4 is 0 Å². The molecule has 10 atom stereocenters. The lowest BCUT2D eigenvalue weighted by Gasteiger charge is -2.63. The van der Waals surface area contributed by atoms with Gasteiger partial charge in [-0.1, -0.05) is 53.7 Å². The van der Waals surface area contributed by atoms with E-state index < -0.39 is 11.7 Å². The van der Waals surface area contributed by atoms with Gasteiger partial charge in [0.15, 0.2) is 5.78 Å². The lowest BCUT2D eigenvalue weighted by atomic mass is 9.42. The van der Waals surface area contributed by atoms with E-state index in [0.717, 1.165) is 19.3 Å². The Labute approximate surface area is 190 Å². The van der Waals surface area contributed by atoms with Crippen LogP contribution in [0.4, 0.5) is 0 Å². The van der Waals surface area contributed by atoms with Crippen LogP contribution in [0.1, 0.15) is 92.9 Å². The van der Waals surface area contributed by atoms with Crippen LogP contribution >= 0.6 is 0 Å². The van der Waals surface area contributed by atoms with Gasteiger partial charge in [-0.2, -0.15) is 0 Å². The molecule has 176 valence electrons. The first-order valence-electron chi connectivity index (χ1n) is 13.1. The van der Waals surface area contributed by atoms with Crippen molar-refractivity contribution in [3.05, 3.63) is 12.2 Å². The number of aliphatic hydroxyl groups is 2. The third kappa shape index (κ3) is 3.48. The molecule has 0 unspecified atom stereocenters. The van der Waals surface area contributed by atoms with Crippen LogP contribution in [-0.4, -0.2) is 27.7 Å². The normalized spacial score (nSPS) is 49.6. The molecule has 0 saturated heterocycles. The fourth-order valence-electron chi connectivity index (χ4n) is 8.63. The van der Waals surface area contributed by atoms with Crippen LogP contribution in [0.5, 0.6) is 0 Å². The summed E-state index contributed by atoms with van der Waals surface area (Å²) in [4.78, 5) is 13.3. The summed E-state index contributed by atoms with van der Waals surface area (Å²) in [5.74, 6) is 3.96. The van der Waals surface area contributed by atoms with E-state index >= 15 is 0 Å². The molecule has 3 heteroatoms. The minimum absolute atomic E-state index is 0.0152. The molecule has 3 nitrogen and oxygen atoms in total. The Morgan fingerprint density at radius 3 is 2.35 bits per heavy atom. The van der Waals surface area contributed by atoms with Gasteiger partial charge in [-0.15, -0.1) is 0 Å². The lowest BCUT2D eigenvalue weighted by molar-refractivity contribution is -0.213. The monoisotopic (exact) mass is 430 g/mol. The Kier molecular flexibility index (Phi) is 6.04. The van der Waals surface area contributed by atoms with Crippen molar-refractivity contribution in [1.82, 2.24) is 0 Å². The molecule has 0 radical (unpaired) electrons. The minimum atomic E-state index is -1.32. The number of allylic oxidation sites excluding steroid dienone is 2. The second-order valence-corrected chi connectivity index (χ2v) is 12.8. The highest BCUT2D eigenvalue weighted by Crippen LogP contribution is 2.68. The van der Waals surface area contributed by atoms with Crippen LogP contribution in [0.2, 0.25) is 0 Å². The van der Waals surface area contributed by atoms with E-state index in [-0.39, 0.29) is 17.6 Å². The summed E-state index contributed by atoms with van der Waals surface area (Å²) in [6.07, 6.45) is 11.4. The van der Waals surface area contributed by atoms with Gasteiger partial charge in [-0.25, -0.2) is 0 Å². The number of aliphatic hydroxyl groups excluding tert-OH is 1. The molecule has 4 aliphatic rings. The van der Waals surface area contributed by atoms with Crippen molar-refractivity contribution in [1.29, 1.82) is 0 Å². The predicted octanol–water partition coefficient (Wildman–Crippen LogP) is 5.78. The maximum absolute atomic E-state index is 13.3. The molecule has 0 spiro atoms. The third-order valence-electron chi connectivity index (χ3n) is 11.1. The zero-order chi connectivity index (χ0) is 22.8. The average Bonchev–Trinajstić information content (AvgIpc) is 3.05. The zero-order valence-corrected chi connectivity index (χ0v) is 20.7. The van der Waals surface area contributed by atoms with Gasteiger partial charge in [0.25, 0.3) is 0 Å². The van der Waals surface area contributed by atoms with Gasteiger partial charge >= 0.3 is 0 Å². The molecule has 31 heavy (non-hydrogen) atoms. The zero-order valence-electron chi connectivity index (χ0n) is 20.7. The summed E-state index contributed by atoms with van der Waals surface area (Å²) in [5, 5.41) is 21.8. The van der Waals surface area contributed by atoms with Crippen LogP contribution in [0, 0.1) is 52.3 Å². The van der Waals surface area contributed by atoms with Gasteiger partial charge in [0.2, 0.25) is 0 Å². The Balaban J connectivity index is 1.57. The Morgan fingerprint density at radius 1 is 0.968 bits per heavy atom. The van der Waals surface area contributed by atoms with E-state index in [9.17, 15) is 15.0 Å². The standard InChI is InChI=1S/C28H46O3/c1-17(2)18(3)7-8-19(4)22-9-10-23-21-15-25(30)28(31)16-20(29)11-14-27(28,6)24(21)12-13-26(22,23)5/h7-8,17-24,29,31H,9-16H2,1-6H3/b8-7+/t18-,19-,20+,21+,22-,23+,24+,26-,27-,28+/m1/s1. The van der Waals surface area contributed by atoms with Crippen LogP contribution in [0.15, 0.2) is 12.2 Å². The van der Waals surface area contributed by atoms with Crippen molar-refractivity contribution in [2.24, 2.45) is 52.3 Å². The number of fused-ring (bicyclic) bond motifs is 5. The summed E-state index contributed by atoms with van der Waals surface area (Å²) < 4.78 is 0. The molecule has 0 bridgehead atoms. The molecule has 4 saturated carbocycles. The van der Waals surface area contributed by atoms with Gasteiger partial charge in [-0.05, 0) is 85.4 Å². The lowest BCUT2D eigenvalue weighted by Crippen LogP contribution is -2.67. The van der Waals surface area contributed by atoms with Gasteiger partial charge in [0, 0.05) is 18.3 Å². The second-order valence-electron chi connectivity index (χ2n) is 12.8. The second kappa shape index (κ2) is 7.97. The number of carbonyl (C=O) groups is 1. The minimum Gasteiger partial charge on any atom is -0.393 e. The SMILES string of the molecule is CC(C)[C@H](C)/C=C/[C@@H](C)[C@H]1CC[C@H]2[C@@H]3CC(=O)[C@@]4(O)C[C@@H](O)CC[C@]4(C)[C@H]3CC[C@]12C. The molecule has 0 heterocycles. The van der Waals surface area contributed by atoms with Crippen molar-refractivity contribution in [2.75, 3.05) is 0 Å². The smallest absolute Gasteiger partial charge is 0.165 e. The van der Waals surface area contributed by atoms with Gasteiger partial charge in [-0.3, -0.25) is 4.79 Å². The largest absolute Gasteiger partial charge is 0.393 e. The number of hydrogen-bond donors (Lipinski definition) is 2. The van der Waals surface area contributed by atoms with Crippen molar-refractivity contribution >= 4 is 5.78 Å². The van der Waals surface area contributed by atoms with E-state index in [4.69, 9.17) is 0 Å². The molecular formula is C28H46O3. The average molecular weight is 431 g/mol. The first-order chi connectivity index (χ1) is 14.4. The molecule has 2 N–H and O–H groups in total. The van der Waals surface area contributed by atoms with Gasteiger partial charge < -0.3 is 10.2 Å². The van der Waals surface area contributed by atoms with Crippen molar-refractivity contribution in [2.45, 2.75) is 105 Å². The first-order valence-corrected chi connectivity index (χ1v) is 13.1. The number of carbonyl (C=O) groups excluding carboxylic acids is 1. The van der Waals surface area contributed by atoms with E-state index in [2.05, 4.69) is 53.7 Å². The summed E-state index contributed by atoms with van der Waals surface area (Å²) in [6, 6.07) is 0. The topological polar surface area (TPSA) is 57.5 Å². The molecule has 4 aliphatic carbocycles. The summed E-state index contributed by atoms with van der Waals surface area (Å²) >= 11 is 0. The molecule has 4 fully saturated rings. The molecule has 0 aromatic rings. The number of rotatable bonds is 4. The Bertz CT molecular complexity index is 728. The molecular weight excluding hydrogens is 384 g/mol. The highest BCUT2D eigenvalue weighted by atomic mass is 16.3. The third-order valence-corrected chi connectivity index (χ3v) is 11.1. The molecule has 0 aliphatic heterocycles. The van der Waals surface area contributed by atoms with Crippen LogP contribution in [0.25, 0.3) is 0 Å². The van der Waals surface area contributed by atoms with E-state index in [1.165, 1.54) is 19.3 Å². The molecule has 0 amide bonds. The predicted molar refractivity (Wildman–Crippen MR) is 125 cm³/mol. The number of hydrogen-bond acceptors (Lipinski definition) is 3. The van der Waals surface area contributed by atoms with Gasteiger partial charge in [0.1, 0.15) is 5.60 Å². The fraction of sp³-hybridized carbons (Fsp3) is 0.893. The summed E-state index contributed by atoms with van der Waals surface area (Å²) in [5.41, 5.74) is -1.39. The summed E-state index contributed by atoms with van der Waals surface area (Å²) in [7, 11) is 0.